The van der Waals surface area contributed by atoms with Gasteiger partial charge in [0.1, 0.15) is 5.78 Å². The van der Waals surface area contributed by atoms with Gasteiger partial charge in [-0.25, -0.2) is 5.11 Å². The average Bonchev–Trinajstić information content (AvgIpc) is 2.01. The lowest BCUT2D eigenvalue weighted by atomic mass is 10.0. The fraction of sp³-hybridized carbons (Fsp3) is 0.900. The number of unbranched alkanes of at least 4 members (excludes halogenated alkanes) is 1. The van der Waals surface area contributed by atoms with E-state index in [-0.39, 0.29) is 6.61 Å². The van der Waals surface area contributed by atoms with E-state index in [0.717, 1.165) is 12.8 Å². The summed E-state index contributed by atoms with van der Waals surface area (Å²) in [5, 5.41) is 10.1. The van der Waals surface area contributed by atoms with Crippen molar-refractivity contribution >= 4 is 5.78 Å². The van der Waals surface area contributed by atoms with Gasteiger partial charge in [-0.1, -0.05) is 13.8 Å². The maximum atomic E-state index is 11.1. The van der Waals surface area contributed by atoms with Crippen LogP contribution in [0.4, 0.5) is 0 Å². The third-order valence-electron chi connectivity index (χ3n) is 1.85. The van der Waals surface area contributed by atoms with Gasteiger partial charge in [-0.2, -0.15) is 0 Å². The summed E-state index contributed by atoms with van der Waals surface area (Å²) in [6.07, 6.45) is 3.70. The molecule has 0 heterocycles. The summed E-state index contributed by atoms with van der Waals surface area (Å²) < 4.78 is 0. The van der Waals surface area contributed by atoms with Gasteiger partial charge in [-0.05, 0) is 25.2 Å². The van der Waals surface area contributed by atoms with Crippen LogP contribution in [0, 0.1) is 5.92 Å². The SMILES string of the molecule is CC(C)CCC(=O)CCCC[O]. The third kappa shape index (κ3) is 7.73. The van der Waals surface area contributed by atoms with Gasteiger partial charge in [0, 0.05) is 12.8 Å². The zero-order valence-corrected chi connectivity index (χ0v) is 8.14. The summed E-state index contributed by atoms with van der Waals surface area (Å²) in [7, 11) is 0. The molecule has 0 aromatic heterocycles. The van der Waals surface area contributed by atoms with Crippen LogP contribution >= 0.6 is 0 Å². The smallest absolute Gasteiger partial charge is 0.132 e. The number of carbonyl (C=O) groups is 1. The van der Waals surface area contributed by atoms with E-state index >= 15 is 0 Å². The van der Waals surface area contributed by atoms with Gasteiger partial charge in [-0.3, -0.25) is 4.79 Å². The molecule has 1 radical (unpaired) electrons. The molecule has 71 valence electrons. The van der Waals surface area contributed by atoms with Crippen molar-refractivity contribution in [3.05, 3.63) is 0 Å². The topological polar surface area (TPSA) is 37.0 Å². The molecule has 0 bridgehead atoms. The van der Waals surface area contributed by atoms with E-state index in [2.05, 4.69) is 13.8 Å². The molecule has 0 aromatic carbocycles. The monoisotopic (exact) mass is 171 g/mol. The Morgan fingerprint density at radius 1 is 1.17 bits per heavy atom. The predicted octanol–water partition coefficient (Wildman–Crippen LogP) is 2.59. The number of carbonyl (C=O) groups excluding carboxylic acids is 1. The molecule has 12 heavy (non-hydrogen) atoms. The van der Waals surface area contributed by atoms with Crippen molar-refractivity contribution in [2.24, 2.45) is 5.92 Å². The van der Waals surface area contributed by atoms with Gasteiger partial charge in [-0.15, -0.1) is 0 Å². The van der Waals surface area contributed by atoms with Crippen LogP contribution in [0.3, 0.4) is 0 Å². The lowest BCUT2D eigenvalue weighted by Crippen LogP contribution is -2.00. The van der Waals surface area contributed by atoms with Crippen LogP contribution in [-0.2, 0) is 9.90 Å². The Balaban J connectivity index is 3.22. The molecule has 0 saturated heterocycles. The van der Waals surface area contributed by atoms with Crippen molar-refractivity contribution in [1.29, 1.82) is 0 Å². The van der Waals surface area contributed by atoms with Crippen molar-refractivity contribution in [2.75, 3.05) is 6.61 Å². The molecule has 2 heteroatoms. The molecule has 0 aliphatic heterocycles. The van der Waals surface area contributed by atoms with Crippen molar-refractivity contribution in [2.45, 2.75) is 46.0 Å². The number of Topliss-reactive ketones (excluding diaryl/α,β-unsaturated/α-hetero) is 1. The minimum Gasteiger partial charge on any atom is -0.300 e. The largest absolute Gasteiger partial charge is 0.300 e. The number of hydrogen-bond acceptors (Lipinski definition) is 1. The summed E-state index contributed by atoms with van der Waals surface area (Å²) in [6.45, 7) is 4.19. The van der Waals surface area contributed by atoms with Gasteiger partial charge in [0.05, 0.1) is 6.61 Å². The maximum absolute atomic E-state index is 11.1. The van der Waals surface area contributed by atoms with Gasteiger partial charge < -0.3 is 0 Å². The van der Waals surface area contributed by atoms with Crippen LogP contribution in [0.2, 0.25) is 0 Å². The first-order chi connectivity index (χ1) is 5.66. The van der Waals surface area contributed by atoms with E-state index in [0.29, 0.717) is 31.0 Å². The highest BCUT2D eigenvalue weighted by Crippen LogP contribution is 2.07. The maximum Gasteiger partial charge on any atom is 0.132 e. The molecule has 0 unspecified atom stereocenters. The van der Waals surface area contributed by atoms with Gasteiger partial charge >= 0.3 is 0 Å². The Labute approximate surface area is 75.0 Å². The molecule has 0 aliphatic rings. The number of rotatable bonds is 7. The Bertz CT molecular complexity index is 119. The van der Waals surface area contributed by atoms with Crippen LogP contribution in [0.25, 0.3) is 0 Å². The summed E-state index contributed by atoms with van der Waals surface area (Å²) >= 11 is 0. The second kappa shape index (κ2) is 7.29. The summed E-state index contributed by atoms with van der Waals surface area (Å²) in [4.78, 5) is 11.1. The minimum atomic E-state index is -0.0442. The third-order valence-corrected chi connectivity index (χ3v) is 1.85. The zero-order chi connectivity index (χ0) is 9.40. The first kappa shape index (κ1) is 11.6. The molecule has 0 atom stereocenters. The first-order valence-corrected chi connectivity index (χ1v) is 4.76. The number of ketones is 1. The molecule has 0 rings (SSSR count). The summed E-state index contributed by atoms with van der Waals surface area (Å²) in [6, 6.07) is 0. The van der Waals surface area contributed by atoms with Crippen LogP contribution in [0.1, 0.15) is 46.0 Å². The van der Waals surface area contributed by atoms with Crippen molar-refractivity contribution < 1.29 is 9.90 Å². The highest BCUT2D eigenvalue weighted by molar-refractivity contribution is 5.78. The van der Waals surface area contributed by atoms with E-state index in [1.54, 1.807) is 0 Å². The lowest BCUT2D eigenvalue weighted by Gasteiger charge is -2.02. The quantitative estimate of drug-likeness (QED) is 0.542. The van der Waals surface area contributed by atoms with Crippen molar-refractivity contribution in [3.63, 3.8) is 0 Å². The van der Waals surface area contributed by atoms with E-state index in [1.165, 1.54) is 0 Å². The molecule has 0 amide bonds. The second-order valence-electron chi connectivity index (χ2n) is 3.63. The predicted molar refractivity (Wildman–Crippen MR) is 48.5 cm³/mol. The molecular weight excluding hydrogens is 152 g/mol. The molecule has 0 spiro atoms. The Hall–Kier alpha value is -0.370. The van der Waals surface area contributed by atoms with Gasteiger partial charge in [0.25, 0.3) is 0 Å². The molecule has 0 saturated carbocycles. The molecular formula is C10H19O2. The Kier molecular flexibility index (Phi) is 7.06. The van der Waals surface area contributed by atoms with Crippen LogP contribution in [-0.4, -0.2) is 12.4 Å². The van der Waals surface area contributed by atoms with Crippen LogP contribution in [0.15, 0.2) is 0 Å². The van der Waals surface area contributed by atoms with Gasteiger partial charge in [0.15, 0.2) is 0 Å². The molecule has 0 fully saturated rings. The van der Waals surface area contributed by atoms with Crippen LogP contribution < -0.4 is 0 Å². The Morgan fingerprint density at radius 3 is 2.33 bits per heavy atom. The highest BCUT2D eigenvalue weighted by Gasteiger charge is 2.02. The van der Waals surface area contributed by atoms with Crippen molar-refractivity contribution in [1.82, 2.24) is 0 Å². The van der Waals surface area contributed by atoms with E-state index in [9.17, 15) is 9.90 Å². The van der Waals surface area contributed by atoms with E-state index < -0.39 is 0 Å². The Morgan fingerprint density at radius 2 is 1.83 bits per heavy atom. The summed E-state index contributed by atoms with van der Waals surface area (Å²) in [5.74, 6) is 0.922. The number of hydrogen-bond donors (Lipinski definition) is 0. The standard InChI is InChI=1S/C10H19O2/c1-9(2)6-7-10(12)5-3-4-8-11/h9H,3-8H2,1-2H3. The fourth-order valence-corrected chi connectivity index (χ4v) is 0.999. The fourth-order valence-electron chi connectivity index (χ4n) is 0.999. The zero-order valence-electron chi connectivity index (χ0n) is 8.14. The molecule has 0 aromatic rings. The second-order valence-corrected chi connectivity index (χ2v) is 3.63. The van der Waals surface area contributed by atoms with Gasteiger partial charge in [0.2, 0.25) is 0 Å². The molecule has 0 aliphatic carbocycles. The minimum absolute atomic E-state index is 0.0442. The normalized spacial score (nSPS) is 10.7. The highest BCUT2D eigenvalue weighted by atomic mass is 16.2. The lowest BCUT2D eigenvalue weighted by molar-refractivity contribution is -0.119. The molecule has 0 N–H and O–H groups in total. The average molecular weight is 171 g/mol. The van der Waals surface area contributed by atoms with E-state index in [1.807, 2.05) is 0 Å². The summed E-state index contributed by atoms with van der Waals surface area (Å²) in [5.41, 5.74) is 0. The van der Waals surface area contributed by atoms with Crippen LogP contribution in [0.5, 0.6) is 0 Å². The van der Waals surface area contributed by atoms with E-state index in [4.69, 9.17) is 0 Å². The molecule has 2 nitrogen and oxygen atoms in total. The van der Waals surface area contributed by atoms with Crippen molar-refractivity contribution in [3.8, 4) is 0 Å². The first-order valence-electron chi connectivity index (χ1n) is 4.76.